The molecule has 0 bridgehead atoms. The molecule has 3 rings (SSSR count). The lowest BCUT2D eigenvalue weighted by atomic mass is 10.1. The number of methoxy groups -OCH3 is 1. The lowest BCUT2D eigenvalue weighted by Crippen LogP contribution is -2.31. The molecule has 0 unspecified atom stereocenters. The van der Waals surface area contributed by atoms with Crippen LogP contribution in [0.1, 0.15) is 30.9 Å². The average Bonchev–Trinajstić information content (AvgIpc) is 3.17. The number of hydrogen-bond acceptors (Lipinski definition) is 4. The van der Waals surface area contributed by atoms with Crippen LogP contribution in [0.2, 0.25) is 0 Å². The molecule has 0 aliphatic carbocycles. The lowest BCUT2D eigenvalue weighted by Gasteiger charge is -2.19. The van der Waals surface area contributed by atoms with Gasteiger partial charge in [0.2, 0.25) is 5.91 Å². The fraction of sp³-hybridized carbons (Fsp3) is 0.391. The Bertz CT molecular complexity index is 904. The van der Waals surface area contributed by atoms with E-state index in [4.69, 9.17) is 9.47 Å². The molecule has 168 valence electrons. The number of aliphatic imine (C=N–C) groups is 1. The van der Waals surface area contributed by atoms with Crippen LogP contribution in [-0.2, 0) is 17.9 Å². The molecule has 0 spiro atoms. The average molecular weight is 538 g/mol. The number of anilines is 1. The van der Waals surface area contributed by atoms with Gasteiger partial charge in [0.1, 0.15) is 0 Å². The van der Waals surface area contributed by atoms with Gasteiger partial charge in [0.15, 0.2) is 17.5 Å². The van der Waals surface area contributed by atoms with Crippen molar-refractivity contribution in [3.8, 4) is 11.5 Å². The van der Waals surface area contributed by atoms with Gasteiger partial charge in [-0.05, 0) is 36.6 Å². The number of nitrogens with one attached hydrogen (secondary N) is 2. The quantitative estimate of drug-likeness (QED) is 0.302. The van der Waals surface area contributed by atoms with Crippen molar-refractivity contribution in [2.24, 2.45) is 4.99 Å². The minimum atomic E-state index is 0. The molecule has 1 amide bonds. The highest BCUT2D eigenvalue weighted by Gasteiger charge is 2.20. The van der Waals surface area contributed by atoms with Gasteiger partial charge in [0.05, 0.1) is 13.7 Å². The molecule has 31 heavy (non-hydrogen) atoms. The zero-order chi connectivity index (χ0) is 21.3. The molecule has 2 aromatic rings. The van der Waals surface area contributed by atoms with Crippen LogP contribution in [0.4, 0.5) is 5.69 Å². The van der Waals surface area contributed by atoms with Gasteiger partial charge in [-0.25, -0.2) is 0 Å². The van der Waals surface area contributed by atoms with Crippen LogP contribution in [0.25, 0.3) is 0 Å². The molecule has 0 saturated carbocycles. The van der Waals surface area contributed by atoms with Crippen LogP contribution in [0.5, 0.6) is 11.5 Å². The van der Waals surface area contributed by atoms with Crippen molar-refractivity contribution in [3.05, 3.63) is 53.6 Å². The second-order valence-electron chi connectivity index (χ2n) is 7.04. The number of amides is 1. The van der Waals surface area contributed by atoms with E-state index >= 15 is 0 Å². The highest BCUT2D eigenvalue weighted by molar-refractivity contribution is 14.0. The van der Waals surface area contributed by atoms with Crippen LogP contribution >= 0.6 is 24.0 Å². The summed E-state index contributed by atoms with van der Waals surface area (Å²) in [4.78, 5) is 18.2. The van der Waals surface area contributed by atoms with Gasteiger partial charge < -0.3 is 25.0 Å². The van der Waals surface area contributed by atoms with Crippen molar-refractivity contribution in [1.82, 2.24) is 10.2 Å². The summed E-state index contributed by atoms with van der Waals surface area (Å²) in [6, 6.07) is 13.9. The summed E-state index contributed by atoms with van der Waals surface area (Å²) in [5.41, 5.74) is 3.15. The number of halogens is 1. The number of likely N-dealkylation sites (tertiary alicyclic amines) is 1. The number of hydrogen-bond donors (Lipinski definition) is 2. The van der Waals surface area contributed by atoms with E-state index < -0.39 is 0 Å². The molecule has 2 N–H and O–H groups in total. The molecule has 2 aromatic carbocycles. The summed E-state index contributed by atoms with van der Waals surface area (Å²) in [7, 11) is 3.36. The van der Waals surface area contributed by atoms with E-state index in [9.17, 15) is 4.79 Å². The highest BCUT2D eigenvalue weighted by Crippen LogP contribution is 2.30. The van der Waals surface area contributed by atoms with Gasteiger partial charge >= 0.3 is 0 Å². The first kappa shape index (κ1) is 24.8. The number of carbonyl (C=O) groups excluding carboxylic acids is 1. The standard InChI is InChI=1S/C23H30N4O3.HI/c1-4-30-21-14-19(11-12-20(21)29-3)26-23(24-2)25-15-17-8-5-6-9-18(17)16-27-13-7-10-22(27)28;/h5-6,8-9,11-12,14H,4,7,10,13,15-16H2,1-3H3,(H2,24,25,26);1H. The second kappa shape index (κ2) is 12.4. The highest BCUT2D eigenvalue weighted by atomic mass is 127. The monoisotopic (exact) mass is 538 g/mol. The Morgan fingerprint density at radius 2 is 1.94 bits per heavy atom. The maximum atomic E-state index is 12.0. The maximum absolute atomic E-state index is 12.0. The first-order valence-electron chi connectivity index (χ1n) is 10.3. The summed E-state index contributed by atoms with van der Waals surface area (Å²) in [5, 5.41) is 6.64. The molecule has 1 aliphatic rings. The van der Waals surface area contributed by atoms with Crippen molar-refractivity contribution < 1.29 is 14.3 Å². The number of ether oxygens (including phenoxy) is 2. The first-order chi connectivity index (χ1) is 14.6. The molecule has 1 fully saturated rings. The van der Waals surface area contributed by atoms with Gasteiger partial charge in [-0.3, -0.25) is 9.79 Å². The first-order valence-corrected chi connectivity index (χ1v) is 10.3. The third-order valence-corrected chi connectivity index (χ3v) is 5.05. The topological polar surface area (TPSA) is 75.2 Å². The molecular weight excluding hydrogens is 507 g/mol. The number of rotatable bonds is 8. The molecule has 0 radical (unpaired) electrons. The van der Waals surface area contributed by atoms with Crippen LogP contribution < -0.4 is 20.1 Å². The Labute approximate surface area is 201 Å². The predicted octanol–water partition coefficient (Wildman–Crippen LogP) is 4.02. The van der Waals surface area contributed by atoms with E-state index in [1.54, 1.807) is 14.2 Å². The molecule has 1 heterocycles. The summed E-state index contributed by atoms with van der Waals surface area (Å²) >= 11 is 0. The molecular formula is C23H31IN4O3. The second-order valence-corrected chi connectivity index (χ2v) is 7.04. The Morgan fingerprint density at radius 3 is 2.58 bits per heavy atom. The number of benzene rings is 2. The predicted molar refractivity (Wildman–Crippen MR) is 134 cm³/mol. The summed E-state index contributed by atoms with van der Waals surface area (Å²) in [6.07, 6.45) is 1.60. The Kier molecular flexibility index (Phi) is 9.90. The van der Waals surface area contributed by atoms with Crippen molar-refractivity contribution in [2.45, 2.75) is 32.9 Å². The Hall–Kier alpha value is -2.49. The van der Waals surface area contributed by atoms with Crippen LogP contribution in [0, 0.1) is 0 Å². The molecule has 8 heteroatoms. The molecule has 1 saturated heterocycles. The van der Waals surface area contributed by atoms with Crippen molar-refractivity contribution in [2.75, 3.05) is 32.6 Å². The van der Waals surface area contributed by atoms with Crippen LogP contribution in [-0.4, -0.2) is 44.1 Å². The van der Waals surface area contributed by atoms with E-state index in [-0.39, 0.29) is 29.9 Å². The van der Waals surface area contributed by atoms with Gasteiger partial charge in [0, 0.05) is 44.9 Å². The smallest absolute Gasteiger partial charge is 0.222 e. The fourth-order valence-corrected chi connectivity index (χ4v) is 3.48. The third kappa shape index (κ3) is 6.75. The van der Waals surface area contributed by atoms with Crippen molar-refractivity contribution in [1.29, 1.82) is 0 Å². The molecule has 7 nitrogen and oxygen atoms in total. The number of nitrogens with zero attached hydrogens (tertiary/aromatic N) is 2. The molecule has 0 atom stereocenters. The van der Waals surface area contributed by atoms with Crippen molar-refractivity contribution >= 4 is 41.5 Å². The zero-order valence-electron chi connectivity index (χ0n) is 18.3. The van der Waals surface area contributed by atoms with E-state index in [0.29, 0.717) is 43.6 Å². The minimum absolute atomic E-state index is 0. The van der Waals surface area contributed by atoms with E-state index in [2.05, 4.69) is 27.8 Å². The zero-order valence-corrected chi connectivity index (χ0v) is 20.6. The fourth-order valence-electron chi connectivity index (χ4n) is 3.48. The van der Waals surface area contributed by atoms with E-state index in [1.807, 2.05) is 42.2 Å². The Morgan fingerprint density at radius 1 is 1.16 bits per heavy atom. The van der Waals surface area contributed by atoms with E-state index in [0.717, 1.165) is 29.8 Å². The largest absolute Gasteiger partial charge is 0.493 e. The van der Waals surface area contributed by atoms with Gasteiger partial charge in [-0.2, -0.15) is 0 Å². The SMILES string of the molecule is CCOc1cc(NC(=NC)NCc2ccccc2CN2CCCC2=O)ccc1OC.I. The van der Waals surface area contributed by atoms with E-state index in [1.165, 1.54) is 0 Å². The maximum Gasteiger partial charge on any atom is 0.222 e. The normalized spacial score (nSPS) is 13.6. The minimum Gasteiger partial charge on any atom is -0.493 e. The number of guanidine groups is 1. The van der Waals surface area contributed by atoms with Gasteiger partial charge in [0.25, 0.3) is 0 Å². The Balaban J connectivity index is 0.00000341. The van der Waals surface area contributed by atoms with Crippen molar-refractivity contribution in [3.63, 3.8) is 0 Å². The summed E-state index contributed by atoms with van der Waals surface area (Å²) in [5.74, 6) is 2.26. The third-order valence-electron chi connectivity index (χ3n) is 5.05. The molecule has 1 aliphatic heterocycles. The molecule has 0 aromatic heterocycles. The van der Waals surface area contributed by atoms with Gasteiger partial charge in [-0.15, -0.1) is 24.0 Å². The lowest BCUT2D eigenvalue weighted by molar-refractivity contribution is -0.128. The van der Waals surface area contributed by atoms with Gasteiger partial charge in [-0.1, -0.05) is 24.3 Å². The van der Waals surface area contributed by atoms with Crippen LogP contribution in [0.15, 0.2) is 47.5 Å². The number of carbonyl (C=O) groups is 1. The van der Waals surface area contributed by atoms with Crippen LogP contribution in [0.3, 0.4) is 0 Å². The summed E-state index contributed by atoms with van der Waals surface area (Å²) in [6.45, 7) is 4.59. The summed E-state index contributed by atoms with van der Waals surface area (Å²) < 4.78 is 11.0.